The number of aromatic nitrogens is 2. The lowest BCUT2D eigenvalue weighted by Gasteiger charge is -2.11. The molecule has 2 heterocycles. The molecule has 0 fully saturated rings. The van der Waals surface area contributed by atoms with E-state index in [1.807, 2.05) is 13.8 Å². The molecular weight excluding hydrogens is 362 g/mol. The minimum atomic E-state index is -0.874. The number of amides is 1. The zero-order chi connectivity index (χ0) is 18.6. The first kappa shape index (κ1) is 19.5. The number of hydrogen-bond donors (Lipinski definition) is 3. The van der Waals surface area contributed by atoms with E-state index in [1.165, 1.54) is 23.1 Å². The van der Waals surface area contributed by atoms with Crippen LogP contribution in [-0.4, -0.2) is 38.7 Å². The molecule has 1 unspecified atom stereocenters. The van der Waals surface area contributed by atoms with Crippen molar-refractivity contribution in [3.63, 3.8) is 0 Å². The minimum absolute atomic E-state index is 0.0343. The molecule has 2 aromatic heterocycles. The first-order valence-corrected chi connectivity index (χ1v) is 9.76. The Hall–Kier alpha value is -1.87. The van der Waals surface area contributed by atoms with Crippen molar-refractivity contribution >= 4 is 45.2 Å². The van der Waals surface area contributed by atoms with Crippen LogP contribution in [0.25, 0.3) is 10.2 Å². The standard InChI is InChI=1S/C16H21N3O4S2/c1-8-9(2)25-16-13(8)15(23)18-11(19-16)7-24-10(3)14(22)17-6-4-5-12(20)21/h10H,4-7H2,1-3H3,(H,17,22)(H,20,21)(H,18,19,23). The number of aryl methyl sites for hydroxylation is 2. The Labute approximate surface area is 153 Å². The van der Waals surface area contributed by atoms with Gasteiger partial charge < -0.3 is 15.4 Å². The summed E-state index contributed by atoms with van der Waals surface area (Å²) in [6.45, 7) is 5.99. The van der Waals surface area contributed by atoms with E-state index in [4.69, 9.17) is 5.11 Å². The number of aromatic amines is 1. The van der Waals surface area contributed by atoms with Crippen LogP contribution in [0.4, 0.5) is 0 Å². The van der Waals surface area contributed by atoms with Crippen LogP contribution in [0.1, 0.15) is 36.0 Å². The molecule has 0 bridgehead atoms. The Morgan fingerprint density at radius 2 is 2.12 bits per heavy atom. The van der Waals surface area contributed by atoms with Crippen LogP contribution >= 0.6 is 23.1 Å². The van der Waals surface area contributed by atoms with E-state index < -0.39 is 5.97 Å². The van der Waals surface area contributed by atoms with E-state index in [0.29, 0.717) is 29.9 Å². The molecule has 2 aromatic rings. The molecule has 9 heteroatoms. The van der Waals surface area contributed by atoms with Gasteiger partial charge in [0.2, 0.25) is 5.91 Å². The van der Waals surface area contributed by atoms with Gasteiger partial charge in [-0.25, -0.2) is 4.98 Å². The highest BCUT2D eigenvalue weighted by molar-refractivity contribution is 7.99. The van der Waals surface area contributed by atoms with Crippen molar-refractivity contribution < 1.29 is 14.7 Å². The van der Waals surface area contributed by atoms with Gasteiger partial charge in [0, 0.05) is 17.8 Å². The van der Waals surface area contributed by atoms with Gasteiger partial charge >= 0.3 is 5.97 Å². The predicted octanol–water partition coefficient (Wildman–Crippen LogP) is 2.20. The van der Waals surface area contributed by atoms with Gasteiger partial charge in [0.1, 0.15) is 10.7 Å². The van der Waals surface area contributed by atoms with Crippen LogP contribution in [0.2, 0.25) is 0 Å². The van der Waals surface area contributed by atoms with Crippen LogP contribution in [0.5, 0.6) is 0 Å². The van der Waals surface area contributed by atoms with Crippen molar-refractivity contribution in [3.05, 3.63) is 26.6 Å². The van der Waals surface area contributed by atoms with E-state index >= 15 is 0 Å². The Kier molecular flexibility index (Phi) is 6.60. The van der Waals surface area contributed by atoms with Crippen molar-refractivity contribution in [2.45, 2.75) is 44.6 Å². The highest BCUT2D eigenvalue weighted by Gasteiger charge is 2.16. The molecule has 0 aliphatic rings. The Bertz CT molecular complexity index is 844. The zero-order valence-electron chi connectivity index (χ0n) is 14.3. The van der Waals surface area contributed by atoms with E-state index in [1.54, 1.807) is 6.92 Å². The monoisotopic (exact) mass is 383 g/mol. The minimum Gasteiger partial charge on any atom is -0.481 e. The number of carboxylic acid groups (broad SMARTS) is 1. The molecule has 7 nitrogen and oxygen atoms in total. The summed E-state index contributed by atoms with van der Waals surface area (Å²) in [6.07, 6.45) is 0.438. The fourth-order valence-electron chi connectivity index (χ4n) is 2.24. The lowest BCUT2D eigenvalue weighted by Crippen LogP contribution is -2.32. The molecule has 0 aromatic carbocycles. The summed E-state index contributed by atoms with van der Waals surface area (Å²) in [4.78, 5) is 43.7. The van der Waals surface area contributed by atoms with Gasteiger partial charge in [0.15, 0.2) is 0 Å². The van der Waals surface area contributed by atoms with Crippen molar-refractivity contribution in [2.75, 3.05) is 6.54 Å². The van der Waals surface area contributed by atoms with Crippen LogP contribution in [0.3, 0.4) is 0 Å². The fourth-order valence-corrected chi connectivity index (χ4v) is 4.07. The number of carbonyl (C=O) groups excluding carboxylic acids is 1. The lowest BCUT2D eigenvalue weighted by molar-refractivity contribution is -0.137. The predicted molar refractivity (Wildman–Crippen MR) is 100 cm³/mol. The molecule has 0 saturated carbocycles. The Balaban J connectivity index is 1.92. The number of aliphatic carboxylic acids is 1. The molecular formula is C16H21N3O4S2. The molecule has 0 saturated heterocycles. The van der Waals surface area contributed by atoms with Crippen molar-refractivity contribution in [2.24, 2.45) is 0 Å². The van der Waals surface area contributed by atoms with Crippen LogP contribution < -0.4 is 10.9 Å². The first-order valence-electron chi connectivity index (χ1n) is 7.89. The number of hydrogen-bond acceptors (Lipinski definition) is 6. The molecule has 2 rings (SSSR count). The number of nitrogens with one attached hydrogen (secondary N) is 2. The second kappa shape index (κ2) is 8.48. The normalized spacial score (nSPS) is 12.3. The average Bonchev–Trinajstić information content (AvgIpc) is 2.83. The molecule has 1 amide bonds. The Morgan fingerprint density at radius 1 is 1.40 bits per heavy atom. The number of fused-ring (bicyclic) bond motifs is 1. The number of H-pyrrole nitrogens is 1. The SMILES string of the molecule is Cc1sc2nc(CSC(C)C(=O)NCCCC(=O)O)[nH]c(=O)c2c1C. The van der Waals surface area contributed by atoms with Gasteiger partial charge in [0.05, 0.1) is 16.4 Å². The maximum atomic E-state index is 12.2. The summed E-state index contributed by atoms with van der Waals surface area (Å²) in [7, 11) is 0. The number of carboxylic acids is 1. The molecule has 0 aliphatic carbocycles. The maximum Gasteiger partial charge on any atom is 0.303 e. The second-order valence-electron chi connectivity index (χ2n) is 5.72. The third kappa shape index (κ3) is 5.05. The molecule has 25 heavy (non-hydrogen) atoms. The van der Waals surface area contributed by atoms with Gasteiger partial charge in [-0.3, -0.25) is 14.4 Å². The van der Waals surface area contributed by atoms with Gasteiger partial charge in [0.25, 0.3) is 5.56 Å². The summed E-state index contributed by atoms with van der Waals surface area (Å²) >= 11 is 2.87. The number of nitrogens with zero attached hydrogens (tertiary/aromatic N) is 1. The third-order valence-electron chi connectivity index (χ3n) is 3.79. The smallest absolute Gasteiger partial charge is 0.303 e. The Morgan fingerprint density at radius 3 is 2.80 bits per heavy atom. The summed E-state index contributed by atoms with van der Waals surface area (Å²) in [5.41, 5.74) is 0.815. The lowest BCUT2D eigenvalue weighted by atomic mass is 10.2. The number of carbonyl (C=O) groups is 2. The van der Waals surface area contributed by atoms with Gasteiger partial charge in [-0.1, -0.05) is 0 Å². The van der Waals surface area contributed by atoms with Crippen LogP contribution in [0, 0.1) is 13.8 Å². The summed E-state index contributed by atoms with van der Waals surface area (Å²) < 4.78 is 0. The van der Waals surface area contributed by atoms with Crippen molar-refractivity contribution in [3.8, 4) is 0 Å². The van der Waals surface area contributed by atoms with Crippen LogP contribution in [-0.2, 0) is 15.3 Å². The maximum absolute atomic E-state index is 12.2. The summed E-state index contributed by atoms with van der Waals surface area (Å²) in [5.74, 6) is -0.0534. The zero-order valence-corrected chi connectivity index (χ0v) is 16.0. The van der Waals surface area contributed by atoms with Crippen molar-refractivity contribution in [1.29, 1.82) is 0 Å². The fraction of sp³-hybridized carbons (Fsp3) is 0.500. The summed E-state index contributed by atoms with van der Waals surface area (Å²) in [6, 6.07) is 0. The van der Waals surface area contributed by atoms with E-state index in [0.717, 1.165) is 15.3 Å². The molecule has 136 valence electrons. The average molecular weight is 383 g/mol. The first-order chi connectivity index (χ1) is 11.8. The molecule has 0 spiro atoms. The van der Waals surface area contributed by atoms with Gasteiger partial charge in [-0.05, 0) is 32.8 Å². The largest absolute Gasteiger partial charge is 0.481 e. The number of rotatable bonds is 8. The van der Waals surface area contributed by atoms with Gasteiger partial charge in [-0.2, -0.15) is 0 Å². The quantitative estimate of drug-likeness (QED) is 0.603. The molecule has 0 aliphatic heterocycles. The van der Waals surface area contributed by atoms with Crippen LogP contribution in [0.15, 0.2) is 4.79 Å². The molecule has 1 atom stereocenters. The highest BCUT2D eigenvalue weighted by Crippen LogP contribution is 2.26. The van der Waals surface area contributed by atoms with E-state index in [2.05, 4.69) is 15.3 Å². The third-order valence-corrected chi connectivity index (χ3v) is 6.05. The van der Waals surface area contributed by atoms with Gasteiger partial charge in [-0.15, -0.1) is 23.1 Å². The summed E-state index contributed by atoms with van der Waals surface area (Å²) in [5, 5.41) is 11.6. The second-order valence-corrected chi connectivity index (χ2v) is 8.25. The van der Waals surface area contributed by atoms with Crippen molar-refractivity contribution in [1.82, 2.24) is 15.3 Å². The van der Waals surface area contributed by atoms with E-state index in [9.17, 15) is 14.4 Å². The molecule has 3 N–H and O–H groups in total. The molecule has 0 radical (unpaired) electrons. The number of thioether (sulfide) groups is 1. The topological polar surface area (TPSA) is 112 Å². The highest BCUT2D eigenvalue weighted by atomic mass is 32.2. The van der Waals surface area contributed by atoms with E-state index in [-0.39, 0.29) is 23.1 Å². The number of thiophene rings is 1.